The first kappa shape index (κ1) is 10.9. The molecule has 15 heavy (non-hydrogen) atoms. The van der Waals surface area contributed by atoms with Crippen LogP contribution in [-0.4, -0.2) is 5.25 Å². The molecule has 0 radical (unpaired) electrons. The van der Waals surface area contributed by atoms with Crippen LogP contribution in [-0.2, 0) is 5.75 Å². The van der Waals surface area contributed by atoms with Gasteiger partial charge in [-0.25, -0.2) is 8.78 Å². The minimum absolute atomic E-state index is 0.254. The fourth-order valence-corrected chi connectivity index (χ4v) is 2.98. The third-order valence-electron chi connectivity index (χ3n) is 2.69. The zero-order chi connectivity index (χ0) is 11.0. The van der Waals surface area contributed by atoms with Gasteiger partial charge in [-0.2, -0.15) is 11.8 Å². The van der Waals surface area contributed by atoms with E-state index in [1.54, 1.807) is 11.8 Å². The molecule has 0 saturated carbocycles. The van der Waals surface area contributed by atoms with E-state index in [1.165, 1.54) is 6.07 Å². The molecule has 82 valence electrons. The normalized spacial score (nSPS) is 25.9. The Morgan fingerprint density at radius 3 is 2.87 bits per heavy atom. The van der Waals surface area contributed by atoms with Gasteiger partial charge in [0.05, 0.1) is 0 Å². The fourth-order valence-electron chi connectivity index (χ4n) is 1.88. The lowest BCUT2D eigenvalue weighted by molar-refractivity contribution is 0.561. The van der Waals surface area contributed by atoms with E-state index >= 15 is 0 Å². The summed E-state index contributed by atoms with van der Waals surface area (Å²) >= 11 is 1.66. The van der Waals surface area contributed by atoms with Gasteiger partial charge in [-0.3, -0.25) is 0 Å². The largest absolute Gasteiger partial charge is 0.324 e. The number of nitrogens with two attached hydrogens (primary N) is 1. The molecule has 2 atom stereocenters. The van der Waals surface area contributed by atoms with Gasteiger partial charge in [0.15, 0.2) is 0 Å². The second-order valence-corrected chi connectivity index (χ2v) is 5.35. The topological polar surface area (TPSA) is 26.0 Å². The highest BCUT2D eigenvalue weighted by atomic mass is 32.2. The molecule has 4 heteroatoms. The summed E-state index contributed by atoms with van der Waals surface area (Å²) in [6.07, 6.45) is 0.764. The van der Waals surface area contributed by atoms with Gasteiger partial charge in [0.2, 0.25) is 0 Å². The van der Waals surface area contributed by atoms with Crippen LogP contribution in [0.5, 0.6) is 0 Å². The molecule has 1 aliphatic heterocycles. The molecule has 1 heterocycles. The maximum atomic E-state index is 13.5. The molecule has 2 N–H and O–H groups in total. The monoisotopic (exact) mass is 229 g/mol. The van der Waals surface area contributed by atoms with Crippen molar-refractivity contribution in [1.82, 2.24) is 0 Å². The highest BCUT2D eigenvalue weighted by molar-refractivity contribution is 7.99. The molecule has 1 nitrogen and oxygen atoms in total. The predicted octanol–water partition coefficient (Wildman–Crippen LogP) is 2.99. The molecule has 0 fully saturated rings. The standard InChI is InChI=1S/C11H13F2NS/c1-6-2-11(14)8-3-7(12)4-10(13)9(8)5-15-6/h3-4,6,11H,2,5,14H2,1H3/t6?,11-/m0/s1. The summed E-state index contributed by atoms with van der Waals surface area (Å²) in [5.74, 6) is -0.431. The van der Waals surface area contributed by atoms with Crippen molar-refractivity contribution in [2.24, 2.45) is 5.73 Å². The van der Waals surface area contributed by atoms with Crippen LogP contribution in [0.15, 0.2) is 12.1 Å². The van der Waals surface area contributed by atoms with E-state index < -0.39 is 11.6 Å². The molecule has 1 unspecified atom stereocenters. The minimum Gasteiger partial charge on any atom is -0.324 e. The number of hydrogen-bond acceptors (Lipinski definition) is 2. The number of fused-ring (bicyclic) bond motifs is 1. The lowest BCUT2D eigenvalue weighted by atomic mass is 9.98. The highest BCUT2D eigenvalue weighted by Crippen LogP contribution is 2.35. The zero-order valence-corrected chi connectivity index (χ0v) is 9.28. The first-order valence-electron chi connectivity index (χ1n) is 4.93. The van der Waals surface area contributed by atoms with E-state index in [1.807, 2.05) is 0 Å². The van der Waals surface area contributed by atoms with Gasteiger partial charge in [0.25, 0.3) is 0 Å². The molecule has 1 aromatic carbocycles. The van der Waals surface area contributed by atoms with Crippen LogP contribution in [0.2, 0.25) is 0 Å². The van der Waals surface area contributed by atoms with Crippen LogP contribution in [0.4, 0.5) is 8.78 Å². The number of thioether (sulfide) groups is 1. The molecular weight excluding hydrogens is 216 g/mol. The molecular formula is C11H13F2NS. The Balaban J connectivity index is 2.48. The van der Waals surface area contributed by atoms with Gasteiger partial charge in [-0.15, -0.1) is 0 Å². The zero-order valence-electron chi connectivity index (χ0n) is 8.47. The Hall–Kier alpha value is -0.610. The van der Waals surface area contributed by atoms with Gasteiger partial charge < -0.3 is 5.73 Å². The summed E-state index contributed by atoms with van der Waals surface area (Å²) in [5.41, 5.74) is 7.12. The Morgan fingerprint density at radius 2 is 2.13 bits per heavy atom. The molecule has 0 aromatic heterocycles. The van der Waals surface area contributed by atoms with Gasteiger partial charge in [0.1, 0.15) is 11.6 Å². The highest BCUT2D eigenvalue weighted by Gasteiger charge is 2.23. The van der Waals surface area contributed by atoms with E-state index in [0.29, 0.717) is 22.1 Å². The second-order valence-electron chi connectivity index (χ2n) is 3.92. The molecule has 0 amide bonds. The van der Waals surface area contributed by atoms with Crippen LogP contribution in [0.25, 0.3) is 0 Å². The lowest BCUT2D eigenvalue weighted by Gasteiger charge is -2.14. The Labute approximate surface area is 92.0 Å². The van der Waals surface area contributed by atoms with Crippen LogP contribution in [0.1, 0.15) is 30.5 Å². The molecule has 0 aliphatic carbocycles. The van der Waals surface area contributed by atoms with Gasteiger partial charge >= 0.3 is 0 Å². The summed E-state index contributed by atoms with van der Waals surface area (Å²) in [6, 6.07) is 2.04. The van der Waals surface area contributed by atoms with Crippen LogP contribution in [0, 0.1) is 11.6 Å². The average molecular weight is 229 g/mol. The Bertz CT molecular complexity index is 381. The molecule has 0 spiro atoms. The van der Waals surface area contributed by atoms with Crippen molar-refractivity contribution >= 4 is 11.8 Å². The van der Waals surface area contributed by atoms with Crippen LogP contribution < -0.4 is 5.73 Å². The first-order chi connectivity index (χ1) is 7.08. The molecule has 0 bridgehead atoms. The third kappa shape index (κ3) is 2.16. The van der Waals surface area contributed by atoms with Gasteiger partial charge in [0, 0.05) is 28.7 Å². The Kier molecular flexibility index (Phi) is 2.98. The van der Waals surface area contributed by atoms with Crippen molar-refractivity contribution in [3.63, 3.8) is 0 Å². The van der Waals surface area contributed by atoms with Crippen molar-refractivity contribution in [3.8, 4) is 0 Å². The van der Waals surface area contributed by atoms with Crippen LogP contribution in [0.3, 0.4) is 0 Å². The SMILES string of the molecule is CC1C[C@H](N)c2cc(F)cc(F)c2CS1. The van der Waals surface area contributed by atoms with Crippen molar-refractivity contribution < 1.29 is 8.78 Å². The molecule has 1 aliphatic rings. The van der Waals surface area contributed by atoms with Crippen molar-refractivity contribution in [3.05, 3.63) is 34.9 Å². The van der Waals surface area contributed by atoms with Crippen molar-refractivity contribution in [1.29, 1.82) is 0 Å². The first-order valence-corrected chi connectivity index (χ1v) is 5.98. The molecule has 2 rings (SSSR count). The fraction of sp³-hybridized carbons (Fsp3) is 0.455. The Morgan fingerprint density at radius 1 is 1.40 bits per heavy atom. The smallest absolute Gasteiger partial charge is 0.130 e. The molecule has 1 aromatic rings. The van der Waals surface area contributed by atoms with E-state index in [-0.39, 0.29) is 6.04 Å². The number of halogens is 2. The maximum Gasteiger partial charge on any atom is 0.130 e. The van der Waals surface area contributed by atoms with E-state index in [0.717, 1.165) is 12.5 Å². The third-order valence-corrected chi connectivity index (χ3v) is 3.91. The lowest BCUT2D eigenvalue weighted by Crippen LogP contribution is -2.14. The number of benzene rings is 1. The molecule has 0 saturated heterocycles. The summed E-state index contributed by atoms with van der Waals surface area (Å²) in [7, 11) is 0. The van der Waals surface area contributed by atoms with Crippen molar-refractivity contribution in [2.75, 3.05) is 0 Å². The second kappa shape index (κ2) is 4.10. The summed E-state index contributed by atoms with van der Waals surface area (Å²) in [5, 5.41) is 0.384. The summed E-state index contributed by atoms with van der Waals surface area (Å²) in [6.45, 7) is 2.06. The number of rotatable bonds is 0. The van der Waals surface area contributed by atoms with E-state index in [9.17, 15) is 8.78 Å². The predicted molar refractivity (Wildman–Crippen MR) is 58.7 cm³/mol. The minimum atomic E-state index is -0.541. The number of hydrogen-bond donors (Lipinski definition) is 1. The maximum absolute atomic E-state index is 13.5. The summed E-state index contributed by atoms with van der Waals surface area (Å²) in [4.78, 5) is 0. The summed E-state index contributed by atoms with van der Waals surface area (Å²) < 4.78 is 26.6. The van der Waals surface area contributed by atoms with Crippen LogP contribution >= 0.6 is 11.8 Å². The quantitative estimate of drug-likeness (QED) is 0.740. The van der Waals surface area contributed by atoms with E-state index in [4.69, 9.17) is 5.73 Å². The van der Waals surface area contributed by atoms with Gasteiger partial charge in [-0.1, -0.05) is 6.92 Å². The average Bonchev–Trinajstić information content (AvgIpc) is 2.27. The van der Waals surface area contributed by atoms with Gasteiger partial charge in [-0.05, 0) is 18.1 Å². The van der Waals surface area contributed by atoms with E-state index in [2.05, 4.69) is 6.92 Å². The van der Waals surface area contributed by atoms with Crippen molar-refractivity contribution in [2.45, 2.75) is 30.4 Å².